The second kappa shape index (κ2) is 10.6. The highest BCUT2D eigenvalue weighted by atomic mass is 32.2. The Labute approximate surface area is 229 Å². The number of aliphatic hydroxyl groups is 2. The number of aliphatic hydroxyl groups excluding tert-OH is 2. The van der Waals surface area contributed by atoms with Crippen LogP contribution in [-0.4, -0.2) is 76.3 Å². The quantitative estimate of drug-likeness (QED) is 0.379. The summed E-state index contributed by atoms with van der Waals surface area (Å²) in [6.45, 7) is -0.0272. The Morgan fingerprint density at radius 1 is 1.10 bits per heavy atom. The monoisotopic (exact) mass is 578 g/mol. The molecule has 1 aromatic heterocycles. The fourth-order valence-corrected chi connectivity index (χ4v) is 6.76. The summed E-state index contributed by atoms with van der Waals surface area (Å²) in [4.78, 5) is 17.3. The molecule has 1 spiro atoms. The van der Waals surface area contributed by atoms with E-state index in [2.05, 4.69) is 10.3 Å². The molecule has 2 aromatic carbocycles. The van der Waals surface area contributed by atoms with Gasteiger partial charge in [-0.05, 0) is 49.1 Å². The first-order valence-corrected chi connectivity index (χ1v) is 14.5. The molecule has 1 unspecified atom stereocenters. The summed E-state index contributed by atoms with van der Waals surface area (Å²) in [5.74, 6) is -0.535. The molecule has 0 aliphatic carbocycles. The number of amides is 1. The molecule has 3 heterocycles. The number of amidine groups is 1. The lowest BCUT2D eigenvalue weighted by Crippen LogP contribution is -2.50. The number of aryl methyl sites for hydroxylation is 1. The molecule has 2 aliphatic heterocycles. The molecule has 1 amide bonds. The van der Waals surface area contributed by atoms with Crippen LogP contribution in [0.1, 0.15) is 29.5 Å². The highest BCUT2D eigenvalue weighted by Gasteiger charge is 2.47. The molecule has 9 nitrogen and oxygen atoms in total. The molecule has 13 heteroatoms. The van der Waals surface area contributed by atoms with Crippen LogP contribution in [0.3, 0.4) is 0 Å². The van der Waals surface area contributed by atoms with Gasteiger partial charge in [-0.25, -0.2) is 12.7 Å². The van der Waals surface area contributed by atoms with Crippen molar-refractivity contribution in [2.45, 2.75) is 43.6 Å². The van der Waals surface area contributed by atoms with E-state index in [9.17, 15) is 31.5 Å². The molecule has 5 rings (SSSR count). The Bertz CT molecular complexity index is 1560. The van der Waals surface area contributed by atoms with Crippen molar-refractivity contribution >= 4 is 32.7 Å². The number of nitrogens with zero attached hydrogens (tertiary/aromatic N) is 3. The minimum atomic E-state index is -4.53. The van der Waals surface area contributed by atoms with Crippen LogP contribution in [0.15, 0.2) is 59.7 Å². The van der Waals surface area contributed by atoms with Crippen molar-refractivity contribution in [1.29, 1.82) is 0 Å². The van der Waals surface area contributed by atoms with Gasteiger partial charge in [0.15, 0.2) is 0 Å². The second-order valence-electron chi connectivity index (χ2n) is 10.1. The summed E-state index contributed by atoms with van der Waals surface area (Å²) in [5.41, 5.74) is -0.271. The van der Waals surface area contributed by atoms with Crippen LogP contribution in [-0.2, 0) is 34.0 Å². The van der Waals surface area contributed by atoms with Crippen molar-refractivity contribution in [3.05, 3.63) is 71.4 Å². The zero-order valence-corrected chi connectivity index (χ0v) is 22.2. The highest BCUT2D eigenvalue weighted by Crippen LogP contribution is 2.34. The third-order valence-corrected chi connectivity index (χ3v) is 9.41. The Kier molecular flexibility index (Phi) is 7.50. The molecule has 1 saturated heterocycles. The number of sulfonamides is 1. The van der Waals surface area contributed by atoms with Crippen molar-refractivity contribution in [2.24, 2.45) is 4.99 Å². The van der Waals surface area contributed by atoms with Gasteiger partial charge in [0.2, 0.25) is 10.0 Å². The average molecular weight is 579 g/mol. The topological polar surface area (TPSA) is 124 Å². The van der Waals surface area contributed by atoms with E-state index in [1.54, 1.807) is 10.8 Å². The zero-order valence-electron chi connectivity index (χ0n) is 21.4. The first-order chi connectivity index (χ1) is 18.9. The largest absolute Gasteiger partial charge is 0.416 e. The molecule has 0 bridgehead atoms. The fraction of sp³-hybridized carbons (Fsp3) is 0.407. The van der Waals surface area contributed by atoms with E-state index >= 15 is 0 Å². The lowest BCUT2D eigenvalue weighted by molar-refractivity contribution is -0.137. The number of nitrogens with one attached hydrogen (secondary N) is 1. The summed E-state index contributed by atoms with van der Waals surface area (Å²) in [6.07, 6.45) is -3.17. The summed E-state index contributed by atoms with van der Waals surface area (Å²) in [6, 6.07) is 11.9. The van der Waals surface area contributed by atoms with Crippen molar-refractivity contribution in [2.75, 3.05) is 25.4 Å². The predicted molar refractivity (Wildman–Crippen MR) is 142 cm³/mol. The number of alkyl halides is 3. The van der Waals surface area contributed by atoms with Crippen molar-refractivity contribution in [3.8, 4) is 0 Å². The van der Waals surface area contributed by atoms with E-state index in [-0.39, 0.29) is 62.7 Å². The molecule has 40 heavy (non-hydrogen) atoms. The number of hydrogen-bond acceptors (Lipinski definition) is 6. The average Bonchev–Trinajstić information content (AvgIpc) is 3.48. The predicted octanol–water partition coefficient (Wildman–Crippen LogP) is 2.30. The van der Waals surface area contributed by atoms with Gasteiger partial charge in [0.25, 0.3) is 5.91 Å². The van der Waals surface area contributed by atoms with Crippen molar-refractivity contribution in [1.82, 2.24) is 14.2 Å². The summed E-state index contributed by atoms with van der Waals surface area (Å²) >= 11 is 0. The fourth-order valence-electron chi connectivity index (χ4n) is 5.29. The number of rotatable bonds is 8. The van der Waals surface area contributed by atoms with Gasteiger partial charge >= 0.3 is 6.18 Å². The van der Waals surface area contributed by atoms with Crippen LogP contribution in [0.2, 0.25) is 0 Å². The van der Waals surface area contributed by atoms with Gasteiger partial charge in [0.1, 0.15) is 11.4 Å². The summed E-state index contributed by atoms with van der Waals surface area (Å²) in [5, 5.41) is 22.4. The highest BCUT2D eigenvalue weighted by molar-refractivity contribution is 7.89. The van der Waals surface area contributed by atoms with E-state index in [0.29, 0.717) is 0 Å². The third kappa shape index (κ3) is 5.51. The smallest absolute Gasteiger partial charge is 0.394 e. The number of halogens is 3. The Morgan fingerprint density at radius 3 is 2.52 bits per heavy atom. The molecular weight excluding hydrogens is 549 g/mol. The van der Waals surface area contributed by atoms with Gasteiger partial charge in [0.05, 0.1) is 30.6 Å². The maximum Gasteiger partial charge on any atom is 0.416 e. The summed E-state index contributed by atoms with van der Waals surface area (Å²) < 4.78 is 69.0. The van der Waals surface area contributed by atoms with Gasteiger partial charge in [-0.3, -0.25) is 9.79 Å². The summed E-state index contributed by atoms with van der Waals surface area (Å²) in [7, 11) is -3.67. The first kappa shape index (κ1) is 28.3. The number of hydrogen-bond donors (Lipinski definition) is 3. The van der Waals surface area contributed by atoms with Crippen LogP contribution in [0.4, 0.5) is 13.2 Å². The van der Waals surface area contributed by atoms with Crippen molar-refractivity contribution in [3.63, 3.8) is 0 Å². The number of fused-ring (bicyclic) bond motifs is 1. The standard InChI is InChI=1S/C27H29F3N4O5S/c28-27(29,30)20-5-1-4-19(15-20)24-31-25(37)26(32-24)9-12-34(13-10-26)40(38,39)14-8-18-3-2-6-23-22(18)7-11-33(23)16-21(36)17-35/h1-7,11,15,21,35-36H,8-10,12-14,16-17H2,(H,31,32,37). The lowest BCUT2D eigenvalue weighted by Gasteiger charge is -2.34. The number of aromatic nitrogens is 1. The second-order valence-corrected chi connectivity index (χ2v) is 12.2. The van der Waals surface area contributed by atoms with Gasteiger partial charge in [-0.15, -0.1) is 0 Å². The maximum absolute atomic E-state index is 13.2. The third-order valence-electron chi connectivity index (χ3n) is 7.54. The number of piperidine rings is 1. The van der Waals surface area contributed by atoms with E-state index in [1.807, 2.05) is 24.3 Å². The maximum atomic E-state index is 13.2. The number of carbonyl (C=O) groups excluding carboxylic acids is 1. The Balaban J connectivity index is 1.26. The number of benzene rings is 2. The van der Waals surface area contributed by atoms with E-state index in [0.717, 1.165) is 28.6 Å². The molecule has 214 valence electrons. The lowest BCUT2D eigenvalue weighted by atomic mass is 9.89. The van der Waals surface area contributed by atoms with Crippen molar-refractivity contribution < 1.29 is 36.6 Å². The van der Waals surface area contributed by atoms with Gasteiger partial charge in [-0.2, -0.15) is 13.2 Å². The Morgan fingerprint density at radius 2 is 1.82 bits per heavy atom. The molecule has 0 saturated carbocycles. The van der Waals surface area contributed by atoms with Gasteiger partial charge < -0.3 is 20.1 Å². The minimum absolute atomic E-state index is 0.0546. The Hall–Kier alpha value is -3.26. The normalized spacial score (nSPS) is 18.7. The SMILES string of the molecule is O=C1NC(c2cccc(C(F)(F)F)c2)=NC12CCN(S(=O)(=O)CCc1cccc3c1ccn3CC(O)CO)CC2. The van der Waals surface area contributed by atoms with E-state index < -0.39 is 39.3 Å². The number of carbonyl (C=O) groups is 1. The molecule has 1 fully saturated rings. The van der Waals surface area contributed by atoms with Crippen LogP contribution < -0.4 is 5.32 Å². The zero-order chi connectivity index (χ0) is 28.7. The van der Waals surface area contributed by atoms with Crippen LogP contribution in [0, 0.1) is 0 Å². The minimum Gasteiger partial charge on any atom is -0.394 e. The molecule has 3 aromatic rings. The molecule has 2 aliphatic rings. The van der Waals surface area contributed by atoms with Gasteiger partial charge in [0, 0.05) is 35.8 Å². The van der Waals surface area contributed by atoms with Crippen LogP contribution >= 0.6 is 0 Å². The van der Waals surface area contributed by atoms with Gasteiger partial charge in [-0.1, -0.05) is 24.3 Å². The van der Waals surface area contributed by atoms with E-state index in [4.69, 9.17) is 5.11 Å². The number of aliphatic imine (C=N–C) groups is 1. The van der Waals surface area contributed by atoms with Crippen LogP contribution in [0.25, 0.3) is 10.9 Å². The molecule has 3 N–H and O–H groups in total. The van der Waals surface area contributed by atoms with E-state index in [1.165, 1.54) is 16.4 Å². The van der Waals surface area contributed by atoms with Crippen LogP contribution in [0.5, 0.6) is 0 Å². The molecule has 1 atom stereocenters. The first-order valence-electron chi connectivity index (χ1n) is 12.8. The molecule has 0 radical (unpaired) electrons. The molecular formula is C27H29F3N4O5S.